The van der Waals surface area contributed by atoms with E-state index in [9.17, 15) is 0 Å². The molecular formula is C23H19ClN2. The highest BCUT2D eigenvalue weighted by Crippen LogP contribution is 2.27. The third kappa shape index (κ3) is 3.29. The van der Waals surface area contributed by atoms with Gasteiger partial charge in [-0.25, -0.2) is 4.98 Å². The topological polar surface area (TPSA) is 17.8 Å². The summed E-state index contributed by atoms with van der Waals surface area (Å²) in [6.07, 6.45) is 4.15. The molecule has 3 heteroatoms. The van der Waals surface area contributed by atoms with Gasteiger partial charge in [0.2, 0.25) is 0 Å². The second-order valence-corrected chi connectivity index (χ2v) is 6.74. The highest BCUT2D eigenvalue weighted by Gasteiger charge is 2.15. The lowest BCUT2D eigenvalue weighted by Crippen LogP contribution is -2.08. The second kappa shape index (κ2) is 7.19. The van der Waals surface area contributed by atoms with Gasteiger partial charge in [0.05, 0.1) is 17.1 Å². The number of rotatable bonds is 4. The molecule has 0 fully saturated rings. The van der Waals surface area contributed by atoms with Gasteiger partial charge in [-0.3, -0.25) is 0 Å². The van der Waals surface area contributed by atoms with E-state index in [-0.39, 0.29) is 6.04 Å². The number of halogens is 1. The molecule has 4 aromatic rings. The van der Waals surface area contributed by atoms with Gasteiger partial charge in [-0.2, -0.15) is 0 Å². The Balaban J connectivity index is 1.80. The maximum Gasteiger partial charge on any atom is 0.134 e. The van der Waals surface area contributed by atoms with Crippen LogP contribution in [0, 0.1) is 0 Å². The molecule has 0 saturated carbocycles. The Morgan fingerprint density at radius 1 is 0.846 bits per heavy atom. The van der Waals surface area contributed by atoms with Crippen LogP contribution in [0.3, 0.4) is 0 Å². The Morgan fingerprint density at radius 3 is 2.31 bits per heavy atom. The summed E-state index contributed by atoms with van der Waals surface area (Å²) in [5.74, 6) is 0.942. The van der Waals surface area contributed by atoms with Crippen molar-refractivity contribution >= 4 is 34.8 Å². The average molecular weight is 359 g/mol. The van der Waals surface area contributed by atoms with Gasteiger partial charge in [0.25, 0.3) is 0 Å². The number of para-hydroxylation sites is 2. The fraction of sp³-hybridized carbons (Fsp3) is 0.0870. The molecule has 128 valence electrons. The van der Waals surface area contributed by atoms with Crippen molar-refractivity contribution in [2.24, 2.45) is 0 Å². The Bertz CT molecular complexity index is 1050. The summed E-state index contributed by atoms with van der Waals surface area (Å²) in [6.45, 7) is 2.21. The van der Waals surface area contributed by atoms with E-state index < -0.39 is 0 Å². The maximum atomic E-state index is 5.98. The van der Waals surface area contributed by atoms with Crippen molar-refractivity contribution in [1.82, 2.24) is 9.55 Å². The van der Waals surface area contributed by atoms with E-state index in [1.807, 2.05) is 36.4 Å². The fourth-order valence-corrected chi connectivity index (χ4v) is 3.34. The van der Waals surface area contributed by atoms with Gasteiger partial charge < -0.3 is 4.57 Å². The first-order valence-electron chi connectivity index (χ1n) is 8.68. The van der Waals surface area contributed by atoms with Crippen LogP contribution in [0.4, 0.5) is 0 Å². The predicted octanol–water partition coefficient (Wildman–Crippen LogP) is 6.47. The zero-order valence-electron chi connectivity index (χ0n) is 14.5. The molecule has 1 aromatic heterocycles. The lowest BCUT2D eigenvalue weighted by atomic mass is 10.1. The third-order valence-corrected chi connectivity index (χ3v) is 4.84. The lowest BCUT2D eigenvalue weighted by Gasteiger charge is -2.17. The molecule has 2 nitrogen and oxygen atoms in total. The van der Waals surface area contributed by atoms with Gasteiger partial charge in [0.1, 0.15) is 5.82 Å². The predicted molar refractivity (Wildman–Crippen MR) is 110 cm³/mol. The van der Waals surface area contributed by atoms with Crippen LogP contribution in [0.2, 0.25) is 5.02 Å². The summed E-state index contributed by atoms with van der Waals surface area (Å²) in [7, 11) is 0. The number of benzene rings is 3. The molecule has 0 saturated heterocycles. The Kier molecular flexibility index (Phi) is 4.59. The van der Waals surface area contributed by atoms with Crippen molar-refractivity contribution in [3.63, 3.8) is 0 Å². The first-order valence-corrected chi connectivity index (χ1v) is 9.06. The summed E-state index contributed by atoms with van der Waals surface area (Å²) in [6, 6.07) is 26.8. The molecule has 1 heterocycles. The van der Waals surface area contributed by atoms with E-state index in [1.54, 1.807) is 0 Å². The summed E-state index contributed by atoms with van der Waals surface area (Å²) in [5, 5.41) is 0.743. The molecule has 4 rings (SSSR count). The molecule has 3 aromatic carbocycles. The van der Waals surface area contributed by atoms with Crippen molar-refractivity contribution in [2.75, 3.05) is 0 Å². The van der Waals surface area contributed by atoms with Crippen molar-refractivity contribution in [1.29, 1.82) is 0 Å². The van der Waals surface area contributed by atoms with Crippen LogP contribution in [0.1, 0.15) is 29.9 Å². The Hall–Kier alpha value is -2.84. The van der Waals surface area contributed by atoms with Crippen LogP contribution in [0.25, 0.3) is 23.2 Å². The Labute approximate surface area is 158 Å². The zero-order valence-corrected chi connectivity index (χ0v) is 15.3. The SMILES string of the molecule is CC(c1ccccc1)n1c(C=Cc2ccc(Cl)cc2)nc2ccccc21. The van der Waals surface area contributed by atoms with Gasteiger partial charge >= 0.3 is 0 Å². The summed E-state index contributed by atoms with van der Waals surface area (Å²) in [5.41, 5.74) is 4.50. The molecule has 0 spiro atoms. The van der Waals surface area contributed by atoms with Crippen LogP contribution in [-0.2, 0) is 0 Å². The third-order valence-electron chi connectivity index (χ3n) is 4.59. The summed E-state index contributed by atoms with van der Waals surface area (Å²) in [4.78, 5) is 4.84. The van der Waals surface area contributed by atoms with Crippen molar-refractivity contribution in [3.8, 4) is 0 Å². The minimum absolute atomic E-state index is 0.188. The molecule has 1 atom stereocenters. The minimum atomic E-state index is 0.188. The molecule has 0 radical (unpaired) electrons. The number of hydrogen-bond donors (Lipinski definition) is 0. The van der Waals surface area contributed by atoms with E-state index in [2.05, 4.69) is 66.1 Å². The van der Waals surface area contributed by atoms with Gasteiger partial charge in [-0.1, -0.05) is 72.3 Å². The van der Waals surface area contributed by atoms with Crippen molar-refractivity contribution in [2.45, 2.75) is 13.0 Å². The molecule has 1 unspecified atom stereocenters. The molecular weight excluding hydrogens is 340 g/mol. The number of nitrogens with zero attached hydrogens (tertiary/aromatic N) is 2. The van der Waals surface area contributed by atoms with Crippen LogP contribution < -0.4 is 0 Å². The second-order valence-electron chi connectivity index (χ2n) is 6.30. The number of hydrogen-bond acceptors (Lipinski definition) is 1. The first-order chi connectivity index (χ1) is 12.7. The van der Waals surface area contributed by atoms with Crippen LogP contribution in [-0.4, -0.2) is 9.55 Å². The fourth-order valence-electron chi connectivity index (χ4n) is 3.21. The minimum Gasteiger partial charge on any atom is -0.317 e. The van der Waals surface area contributed by atoms with E-state index in [0.717, 1.165) is 27.4 Å². The van der Waals surface area contributed by atoms with Gasteiger partial charge in [-0.15, -0.1) is 0 Å². The molecule has 0 N–H and O–H groups in total. The molecule has 0 bridgehead atoms. The molecule has 0 aliphatic heterocycles. The van der Waals surface area contributed by atoms with Gasteiger partial charge in [0.15, 0.2) is 0 Å². The smallest absolute Gasteiger partial charge is 0.134 e. The number of imidazole rings is 1. The Morgan fingerprint density at radius 2 is 1.54 bits per heavy atom. The maximum absolute atomic E-state index is 5.98. The lowest BCUT2D eigenvalue weighted by molar-refractivity contribution is 0.652. The van der Waals surface area contributed by atoms with Crippen molar-refractivity contribution in [3.05, 3.63) is 101 Å². The van der Waals surface area contributed by atoms with Gasteiger partial charge in [-0.05, 0) is 48.4 Å². The summed E-state index contributed by atoms with van der Waals surface area (Å²) >= 11 is 5.98. The summed E-state index contributed by atoms with van der Waals surface area (Å²) < 4.78 is 2.29. The van der Waals surface area contributed by atoms with E-state index in [1.165, 1.54) is 5.56 Å². The standard InChI is InChI=1S/C23H19ClN2/c1-17(19-7-3-2-4-8-19)26-22-10-6-5-9-21(22)25-23(26)16-13-18-11-14-20(24)15-12-18/h2-17H,1H3. The molecule has 0 aliphatic carbocycles. The molecule has 0 aliphatic rings. The van der Waals surface area contributed by atoms with Gasteiger partial charge in [0, 0.05) is 5.02 Å². The highest BCUT2D eigenvalue weighted by molar-refractivity contribution is 6.30. The van der Waals surface area contributed by atoms with Crippen molar-refractivity contribution < 1.29 is 0 Å². The van der Waals surface area contributed by atoms with Crippen LogP contribution >= 0.6 is 11.6 Å². The van der Waals surface area contributed by atoms with Crippen LogP contribution in [0.15, 0.2) is 78.9 Å². The monoisotopic (exact) mass is 358 g/mol. The molecule has 0 amide bonds. The average Bonchev–Trinajstić information content (AvgIpc) is 3.06. The molecule has 26 heavy (non-hydrogen) atoms. The normalized spacial score (nSPS) is 12.7. The highest BCUT2D eigenvalue weighted by atomic mass is 35.5. The zero-order chi connectivity index (χ0) is 17.9. The quantitative estimate of drug-likeness (QED) is 0.408. The van der Waals surface area contributed by atoms with E-state index in [4.69, 9.17) is 16.6 Å². The first kappa shape index (κ1) is 16.6. The number of fused-ring (bicyclic) bond motifs is 1. The number of aromatic nitrogens is 2. The largest absolute Gasteiger partial charge is 0.317 e. The van der Waals surface area contributed by atoms with E-state index in [0.29, 0.717) is 0 Å². The van der Waals surface area contributed by atoms with E-state index >= 15 is 0 Å². The van der Waals surface area contributed by atoms with Crippen LogP contribution in [0.5, 0.6) is 0 Å².